The Kier molecular flexibility index (Phi) is 6.05. The molecule has 1 unspecified atom stereocenters. The lowest BCUT2D eigenvalue weighted by Crippen LogP contribution is -2.40. The molecule has 0 spiro atoms. The first kappa shape index (κ1) is 18.3. The van der Waals surface area contributed by atoms with E-state index in [2.05, 4.69) is 36.5 Å². The third-order valence-corrected chi connectivity index (χ3v) is 6.43. The third kappa shape index (κ3) is 4.20. The topological polar surface area (TPSA) is 52.5 Å². The fraction of sp³-hybridized carbons (Fsp3) is 0.429. The summed E-state index contributed by atoms with van der Waals surface area (Å²) < 4.78 is 0. The zero-order valence-electron chi connectivity index (χ0n) is 14.9. The van der Waals surface area contributed by atoms with Crippen molar-refractivity contribution < 1.29 is 10.2 Å². The molecule has 0 fully saturated rings. The molecule has 0 saturated carbocycles. The van der Waals surface area contributed by atoms with Crippen molar-refractivity contribution in [1.29, 1.82) is 0 Å². The summed E-state index contributed by atoms with van der Waals surface area (Å²) >= 11 is 1.88. The summed E-state index contributed by atoms with van der Waals surface area (Å²) in [5.74, 6) is 0.288. The Bertz CT molecular complexity index is 689. The molecule has 0 bridgehead atoms. The maximum Gasteiger partial charge on any atom is 0.115 e. The number of thioether (sulfide) groups is 1. The molecular weight excluding hydrogens is 330 g/mol. The average molecular weight is 358 g/mol. The minimum Gasteiger partial charge on any atom is -0.508 e. The second-order valence-electron chi connectivity index (χ2n) is 6.70. The number of aliphatic hydroxyl groups excluding tert-OH is 1. The van der Waals surface area contributed by atoms with Crippen LogP contribution in [0.5, 0.6) is 5.75 Å². The zero-order chi connectivity index (χ0) is 17.8. The molecule has 25 heavy (non-hydrogen) atoms. The molecule has 134 valence electrons. The van der Waals surface area contributed by atoms with Crippen LogP contribution in [0.4, 0.5) is 0 Å². The standard InChI is InChI=1S/C21H27NO2S/c1-3-15(23)13-20-18(4-2)22-21(14-9-11-16(24)12-10-14)17-7-5-6-8-19(17)25-20/h5-12,15,18,20-24H,3-4,13H2,1-2H3/t15-,18+,20+,21?/m0/s1. The molecule has 0 aromatic heterocycles. The highest BCUT2D eigenvalue weighted by molar-refractivity contribution is 8.00. The van der Waals surface area contributed by atoms with Crippen LogP contribution in [0.15, 0.2) is 53.4 Å². The number of fused-ring (bicyclic) bond motifs is 1. The predicted octanol–water partition coefficient (Wildman–Crippen LogP) is 4.49. The molecule has 1 aliphatic rings. The summed E-state index contributed by atoms with van der Waals surface area (Å²) in [5.41, 5.74) is 2.42. The van der Waals surface area contributed by atoms with Crippen molar-refractivity contribution in [3.05, 3.63) is 59.7 Å². The molecule has 3 nitrogen and oxygen atoms in total. The van der Waals surface area contributed by atoms with Gasteiger partial charge in [-0.15, -0.1) is 11.8 Å². The van der Waals surface area contributed by atoms with E-state index in [0.717, 1.165) is 24.8 Å². The Morgan fingerprint density at radius 2 is 1.80 bits per heavy atom. The van der Waals surface area contributed by atoms with Gasteiger partial charge in [-0.2, -0.15) is 0 Å². The van der Waals surface area contributed by atoms with Gasteiger partial charge in [0.1, 0.15) is 5.75 Å². The van der Waals surface area contributed by atoms with Crippen molar-refractivity contribution in [1.82, 2.24) is 5.32 Å². The quantitative estimate of drug-likeness (QED) is 0.738. The summed E-state index contributed by atoms with van der Waals surface area (Å²) in [6.07, 6.45) is 2.34. The van der Waals surface area contributed by atoms with Crippen LogP contribution in [0.25, 0.3) is 0 Å². The van der Waals surface area contributed by atoms with E-state index in [4.69, 9.17) is 0 Å². The predicted molar refractivity (Wildman–Crippen MR) is 104 cm³/mol. The molecule has 1 heterocycles. The van der Waals surface area contributed by atoms with Crippen LogP contribution in [0.2, 0.25) is 0 Å². The molecule has 0 aliphatic carbocycles. The Morgan fingerprint density at radius 1 is 1.08 bits per heavy atom. The van der Waals surface area contributed by atoms with Crippen molar-refractivity contribution in [2.24, 2.45) is 0 Å². The van der Waals surface area contributed by atoms with Gasteiger partial charge in [0.05, 0.1) is 12.1 Å². The first-order valence-corrected chi connectivity index (χ1v) is 9.99. The van der Waals surface area contributed by atoms with E-state index in [1.807, 2.05) is 30.8 Å². The van der Waals surface area contributed by atoms with E-state index in [1.165, 1.54) is 10.5 Å². The van der Waals surface area contributed by atoms with Crippen molar-refractivity contribution in [3.63, 3.8) is 0 Å². The summed E-state index contributed by atoms with van der Waals surface area (Å²) in [6, 6.07) is 16.4. The fourth-order valence-corrected chi connectivity index (χ4v) is 5.01. The molecule has 2 aromatic rings. The van der Waals surface area contributed by atoms with Gasteiger partial charge in [-0.1, -0.05) is 44.2 Å². The van der Waals surface area contributed by atoms with Crippen LogP contribution in [0.1, 0.15) is 50.3 Å². The lowest BCUT2D eigenvalue weighted by Gasteiger charge is -2.28. The van der Waals surface area contributed by atoms with E-state index in [1.54, 1.807) is 12.1 Å². The zero-order valence-corrected chi connectivity index (χ0v) is 15.7. The van der Waals surface area contributed by atoms with Crippen molar-refractivity contribution in [2.45, 2.75) is 61.4 Å². The van der Waals surface area contributed by atoms with Crippen molar-refractivity contribution in [3.8, 4) is 5.75 Å². The minimum absolute atomic E-state index is 0.0954. The molecule has 0 amide bonds. The SMILES string of the molecule is CC[C@H](O)C[C@H]1Sc2ccccc2C(c2ccc(O)cc2)N[C@@H]1CC. The van der Waals surface area contributed by atoms with E-state index < -0.39 is 0 Å². The Labute approximate surface area is 154 Å². The number of benzene rings is 2. The maximum atomic E-state index is 10.2. The second-order valence-corrected chi connectivity index (χ2v) is 7.98. The fourth-order valence-electron chi connectivity index (χ4n) is 3.45. The van der Waals surface area contributed by atoms with Crippen LogP contribution in [0.3, 0.4) is 0 Å². The molecule has 0 saturated heterocycles. The highest BCUT2D eigenvalue weighted by Crippen LogP contribution is 2.40. The largest absolute Gasteiger partial charge is 0.508 e. The van der Waals surface area contributed by atoms with Gasteiger partial charge in [0.2, 0.25) is 0 Å². The van der Waals surface area contributed by atoms with Crippen LogP contribution < -0.4 is 5.32 Å². The molecule has 3 N–H and O–H groups in total. The number of aliphatic hydroxyl groups is 1. The minimum atomic E-state index is -0.259. The van der Waals surface area contributed by atoms with Crippen LogP contribution in [-0.4, -0.2) is 27.6 Å². The molecule has 4 heteroatoms. The van der Waals surface area contributed by atoms with Gasteiger partial charge in [-0.25, -0.2) is 0 Å². The lowest BCUT2D eigenvalue weighted by molar-refractivity contribution is 0.154. The number of nitrogens with one attached hydrogen (secondary N) is 1. The highest BCUT2D eigenvalue weighted by Gasteiger charge is 2.32. The van der Waals surface area contributed by atoms with Gasteiger partial charge in [-0.05, 0) is 48.6 Å². The van der Waals surface area contributed by atoms with Gasteiger partial charge < -0.3 is 15.5 Å². The summed E-state index contributed by atoms with van der Waals surface area (Å²) in [4.78, 5) is 1.28. The summed E-state index contributed by atoms with van der Waals surface area (Å²) in [7, 11) is 0. The normalized spacial score (nSPS) is 24.4. The van der Waals surface area contributed by atoms with E-state index >= 15 is 0 Å². The number of hydrogen-bond acceptors (Lipinski definition) is 4. The number of phenolic OH excluding ortho intramolecular Hbond substituents is 1. The number of aromatic hydroxyl groups is 1. The Morgan fingerprint density at radius 3 is 2.48 bits per heavy atom. The van der Waals surface area contributed by atoms with Gasteiger partial charge in [0.15, 0.2) is 0 Å². The number of phenols is 1. The lowest BCUT2D eigenvalue weighted by atomic mass is 9.95. The van der Waals surface area contributed by atoms with Crippen LogP contribution >= 0.6 is 11.8 Å². The third-order valence-electron chi connectivity index (χ3n) is 4.98. The summed E-state index contributed by atoms with van der Waals surface area (Å²) in [6.45, 7) is 4.24. The summed E-state index contributed by atoms with van der Waals surface area (Å²) in [5, 5.41) is 24.0. The molecule has 0 radical (unpaired) electrons. The Hall–Kier alpha value is -1.49. The van der Waals surface area contributed by atoms with Crippen LogP contribution in [-0.2, 0) is 0 Å². The van der Waals surface area contributed by atoms with Gasteiger partial charge >= 0.3 is 0 Å². The van der Waals surface area contributed by atoms with E-state index in [0.29, 0.717) is 11.3 Å². The van der Waals surface area contributed by atoms with Gasteiger partial charge in [0.25, 0.3) is 0 Å². The highest BCUT2D eigenvalue weighted by atomic mass is 32.2. The molecule has 1 aliphatic heterocycles. The first-order chi connectivity index (χ1) is 12.1. The Balaban J connectivity index is 1.98. The monoisotopic (exact) mass is 357 g/mol. The van der Waals surface area contributed by atoms with E-state index in [-0.39, 0.29) is 17.9 Å². The van der Waals surface area contributed by atoms with Gasteiger partial charge in [-0.3, -0.25) is 0 Å². The smallest absolute Gasteiger partial charge is 0.115 e. The molecule has 4 atom stereocenters. The molecule has 2 aromatic carbocycles. The number of hydrogen-bond donors (Lipinski definition) is 3. The van der Waals surface area contributed by atoms with Crippen molar-refractivity contribution >= 4 is 11.8 Å². The molecular formula is C21H27NO2S. The average Bonchev–Trinajstić information content (AvgIpc) is 2.79. The second kappa shape index (κ2) is 8.26. The van der Waals surface area contributed by atoms with Crippen molar-refractivity contribution in [2.75, 3.05) is 0 Å². The molecule has 3 rings (SSSR count). The number of rotatable bonds is 5. The van der Waals surface area contributed by atoms with Gasteiger partial charge in [0, 0.05) is 16.2 Å². The maximum absolute atomic E-state index is 10.2. The first-order valence-electron chi connectivity index (χ1n) is 9.11. The van der Waals surface area contributed by atoms with E-state index in [9.17, 15) is 10.2 Å². The van der Waals surface area contributed by atoms with Crippen LogP contribution in [0, 0.1) is 0 Å².